The van der Waals surface area contributed by atoms with E-state index in [1.165, 1.54) is 0 Å². The minimum Gasteiger partial charge on any atom is -0.497 e. The third kappa shape index (κ3) is 5.74. The number of benzene rings is 1. The van der Waals surface area contributed by atoms with E-state index in [9.17, 15) is 9.59 Å². The summed E-state index contributed by atoms with van der Waals surface area (Å²) in [6.07, 6.45) is 1.00. The zero-order valence-corrected chi connectivity index (χ0v) is 16.8. The Hall–Kier alpha value is -2.50. The minimum atomic E-state index is -0.587. The highest BCUT2D eigenvalue weighted by molar-refractivity contribution is 5.99. The van der Waals surface area contributed by atoms with Crippen molar-refractivity contribution in [2.75, 3.05) is 26.8 Å². The zero-order chi connectivity index (χ0) is 20.0. The number of carbonyl (C=O) groups excluding carboxylic acids is 2. The molecule has 1 aliphatic heterocycles. The van der Waals surface area contributed by atoms with Crippen LogP contribution in [0.5, 0.6) is 5.75 Å². The van der Waals surface area contributed by atoms with Crippen LogP contribution >= 0.6 is 0 Å². The first-order chi connectivity index (χ1) is 12.7. The van der Waals surface area contributed by atoms with Crippen molar-refractivity contribution in [2.24, 2.45) is 0 Å². The predicted molar refractivity (Wildman–Crippen MR) is 104 cm³/mol. The molecule has 2 rings (SSSR count). The Bertz CT molecular complexity index is 700. The molecule has 0 spiro atoms. The molecule has 0 N–H and O–H groups in total. The van der Waals surface area contributed by atoms with Crippen molar-refractivity contribution in [3.05, 3.63) is 35.4 Å². The molecular formula is C21H29NO5. The first kappa shape index (κ1) is 20.8. The molecule has 0 saturated carbocycles. The van der Waals surface area contributed by atoms with Gasteiger partial charge in [-0.3, -0.25) is 0 Å². The number of rotatable bonds is 4. The molecule has 1 aromatic rings. The van der Waals surface area contributed by atoms with Gasteiger partial charge in [-0.05, 0) is 63.8 Å². The Kier molecular flexibility index (Phi) is 6.88. The Morgan fingerprint density at radius 1 is 1.15 bits per heavy atom. The van der Waals surface area contributed by atoms with Gasteiger partial charge >= 0.3 is 12.1 Å². The van der Waals surface area contributed by atoms with Crippen molar-refractivity contribution in [1.29, 1.82) is 0 Å². The standard InChI is InChI=1S/C21H29NO5/c1-6-26-19(23)18-14-22(20(24)27-21(2,3)4)13-7-8-17(18)15-9-11-16(25-5)12-10-15/h9-12H,6-8,13-14H2,1-5H3. The Labute approximate surface area is 161 Å². The molecule has 0 aromatic heterocycles. The van der Waals surface area contributed by atoms with Crippen molar-refractivity contribution in [2.45, 2.75) is 46.1 Å². The zero-order valence-electron chi connectivity index (χ0n) is 16.8. The highest BCUT2D eigenvalue weighted by atomic mass is 16.6. The maximum atomic E-state index is 12.6. The second-order valence-corrected chi connectivity index (χ2v) is 7.41. The van der Waals surface area contributed by atoms with E-state index >= 15 is 0 Å². The first-order valence-electron chi connectivity index (χ1n) is 9.26. The summed E-state index contributed by atoms with van der Waals surface area (Å²) in [6.45, 7) is 8.24. The van der Waals surface area contributed by atoms with E-state index in [0.717, 1.165) is 23.3 Å². The average molecular weight is 375 g/mol. The van der Waals surface area contributed by atoms with Crippen LogP contribution in [0.15, 0.2) is 29.8 Å². The molecule has 6 nitrogen and oxygen atoms in total. The molecule has 1 aromatic carbocycles. The summed E-state index contributed by atoms with van der Waals surface area (Å²) in [5.41, 5.74) is 1.76. The molecule has 1 amide bonds. The molecule has 148 valence electrons. The van der Waals surface area contributed by atoms with Crippen LogP contribution < -0.4 is 4.74 Å². The Morgan fingerprint density at radius 2 is 1.81 bits per heavy atom. The second kappa shape index (κ2) is 8.93. The largest absolute Gasteiger partial charge is 0.497 e. The molecule has 1 heterocycles. The third-order valence-corrected chi connectivity index (χ3v) is 4.18. The second-order valence-electron chi connectivity index (χ2n) is 7.41. The third-order valence-electron chi connectivity index (χ3n) is 4.18. The molecule has 0 bridgehead atoms. The number of nitrogens with zero attached hydrogens (tertiary/aromatic N) is 1. The van der Waals surface area contributed by atoms with Gasteiger partial charge in [0, 0.05) is 6.54 Å². The van der Waals surface area contributed by atoms with Crippen LogP contribution in [0.1, 0.15) is 46.1 Å². The van der Waals surface area contributed by atoms with E-state index in [0.29, 0.717) is 18.5 Å². The van der Waals surface area contributed by atoms with E-state index in [4.69, 9.17) is 14.2 Å². The minimum absolute atomic E-state index is 0.176. The van der Waals surface area contributed by atoms with Crippen LogP contribution in [0.2, 0.25) is 0 Å². The fourth-order valence-electron chi connectivity index (χ4n) is 2.96. The van der Waals surface area contributed by atoms with Gasteiger partial charge in [-0.2, -0.15) is 0 Å². The lowest BCUT2D eigenvalue weighted by Gasteiger charge is -2.27. The van der Waals surface area contributed by atoms with Crippen LogP contribution in [0.4, 0.5) is 4.79 Å². The average Bonchev–Trinajstić information content (AvgIpc) is 2.84. The highest BCUT2D eigenvalue weighted by Crippen LogP contribution is 2.30. The summed E-state index contributed by atoms with van der Waals surface area (Å²) in [5, 5.41) is 0. The van der Waals surface area contributed by atoms with E-state index in [-0.39, 0.29) is 13.2 Å². The number of methoxy groups -OCH3 is 1. The summed E-state index contributed by atoms with van der Waals surface area (Å²) < 4.78 is 16.0. The molecule has 0 aliphatic carbocycles. The fourth-order valence-corrected chi connectivity index (χ4v) is 2.96. The smallest absolute Gasteiger partial charge is 0.410 e. The lowest BCUT2D eigenvalue weighted by atomic mass is 9.96. The van der Waals surface area contributed by atoms with E-state index < -0.39 is 17.7 Å². The molecule has 6 heteroatoms. The lowest BCUT2D eigenvalue weighted by Crippen LogP contribution is -2.39. The van der Waals surface area contributed by atoms with Gasteiger partial charge in [0.25, 0.3) is 0 Å². The van der Waals surface area contributed by atoms with Gasteiger partial charge < -0.3 is 19.1 Å². The van der Waals surface area contributed by atoms with Gasteiger partial charge in [-0.15, -0.1) is 0 Å². The van der Waals surface area contributed by atoms with E-state index in [2.05, 4.69) is 0 Å². The summed E-state index contributed by atoms with van der Waals surface area (Å²) >= 11 is 0. The van der Waals surface area contributed by atoms with Crippen LogP contribution in [0.25, 0.3) is 5.57 Å². The van der Waals surface area contributed by atoms with Crippen molar-refractivity contribution >= 4 is 17.6 Å². The molecule has 0 radical (unpaired) electrons. The molecule has 0 unspecified atom stereocenters. The van der Waals surface area contributed by atoms with Crippen LogP contribution in [0, 0.1) is 0 Å². The van der Waals surface area contributed by atoms with Crippen molar-refractivity contribution in [3.63, 3.8) is 0 Å². The normalized spacial score (nSPS) is 15.2. The number of ether oxygens (including phenoxy) is 3. The molecule has 0 saturated heterocycles. The molecule has 1 aliphatic rings. The van der Waals surface area contributed by atoms with Gasteiger partial charge in [0.2, 0.25) is 0 Å². The van der Waals surface area contributed by atoms with Crippen LogP contribution in [-0.2, 0) is 14.3 Å². The maximum absolute atomic E-state index is 12.6. The summed E-state index contributed by atoms with van der Waals surface area (Å²) in [4.78, 5) is 26.7. The predicted octanol–water partition coefficient (Wildman–Crippen LogP) is 4.04. The quantitative estimate of drug-likeness (QED) is 0.743. The van der Waals surface area contributed by atoms with Crippen molar-refractivity contribution < 1.29 is 23.8 Å². The molecule has 27 heavy (non-hydrogen) atoms. The summed E-state index contributed by atoms with van der Waals surface area (Å²) in [6, 6.07) is 7.58. The van der Waals surface area contributed by atoms with Crippen molar-refractivity contribution in [3.8, 4) is 5.75 Å². The lowest BCUT2D eigenvalue weighted by molar-refractivity contribution is -0.138. The first-order valence-corrected chi connectivity index (χ1v) is 9.26. The number of hydrogen-bond donors (Lipinski definition) is 0. The Morgan fingerprint density at radius 3 is 2.37 bits per heavy atom. The maximum Gasteiger partial charge on any atom is 0.410 e. The van der Waals surface area contributed by atoms with E-state index in [1.807, 2.05) is 45.0 Å². The molecular weight excluding hydrogens is 346 g/mol. The van der Waals surface area contributed by atoms with Crippen LogP contribution in [-0.4, -0.2) is 49.4 Å². The van der Waals surface area contributed by atoms with Gasteiger partial charge in [0.15, 0.2) is 0 Å². The summed E-state index contributed by atoms with van der Waals surface area (Å²) in [7, 11) is 1.61. The van der Waals surface area contributed by atoms with Gasteiger partial charge in [-0.25, -0.2) is 9.59 Å². The Balaban J connectivity index is 2.37. The number of carbonyl (C=O) groups is 2. The van der Waals surface area contributed by atoms with Gasteiger partial charge in [-0.1, -0.05) is 12.1 Å². The SMILES string of the molecule is CCOC(=O)C1=C(c2ccc(OC)cc2)CCCN(C(=O)OC(C)(C)C)C1. The van der Waals surface area contributed by atoms with Gasteiger partial charge in [0.1, 0.15) is 11.4 Å². The van der Waals surface area contributed by atoms with Gasteiger partial charge in [0.05, 0.1) is 25.8 Å². The number of hydrogen-bond acceptors (Lipinski definition) is 5. The number of amides is 1. The van der Waals surface area contributed by atoms with Crippen LogP contribution in [0.3, 0.4) is 0 Å². The molecule has 0 atom stereocenters. The highest BCUT2D eigenvalue weighted by Gasteiger charge is 2.29. The summed E-state index contributed by atoms with van der Waals surface area (Å²) in [5.74, 6) is 0.361. The van der Waals surface area contributed by atoms with E-state index in [1.54, 1.807) is 18.9 Å². The number of allylic oxidation sites excluding steroid dienone is 1. The topological polar surface area (TPSA) is 65.1 Å². The molecule has 0 fully saturated rings. The monoisotopic (exact) mass is 375 g/mol. The number of esters is 1. The fraction of sp³-hybridized carbons (Fsp3) is 0.524. The van der Waals surface area contributed by atoms with Crippen molar-refractivity contribution in [1.82, 2.24) is 4.90 Å².